The molecule has 3 heterocycles. The van der Waals surface area contributed by atoms with E-state index >= 15 is 0 Å². The first-order chi connectivity index (χ1) is 10.3. The van der Waals surface area contributed by atoms with E-state index in [1.54, 1.807) is 11.1 Å². The number of halogens is 3. The van der Waals surface area contributed by atoms with Gasteiger partial charge in [-0.2, -0.15) is 0 Å². The van der Waals surface area contributed by atoms with Crippen molar-refractivity contribution >= 4 is 5.82 Å². The van der Waals surface area contributed by atoms with E-state index in [-0.39, 0.29) is 24.1 Å². The van der Waals surface area contributed by atoms with Crippen molar-refractivity contribution in [3.05, 3.63) is 23.6 Å². The van der Waals surface area contributed by atoms with Crippen molar-refractivity contribution in [3.63, 3.8) is 0 Å². The molecule has 0 unspecified atom stereocenters. The first kappa shape index (κ1) is 15.6. The summed E-state index contributed by atoms with van der Waals surface area (Å²) in [5.41, 5.74) is -0.126. The van der Waals surface area contributed by atoms with Crippen LogP contribution in [0.25, 0.3) is 0 Å². The van der Waals surface area contributed by atoms with Gasteiger partial charge in [0, 0.05) is 25.8 Å². The van der Waals surface area contributed by atoms with Crippen LogP contribution < -0.4 is 10.2 Å². The van der Waals surface area contributed by atoms with Crippen molar-refractivity contribution in [3.8, 4) is 0 Å². The summed E-state index contributed by atoms with van der Waals surface area (Å²) in [4.78, 5) is 6.01. The van der Waals surface area contributed by atoms with E-state index in [1.807, 2.05) is 13.8 Å². The maximum Gasteiger partial charge on any atom is 0.267 e. The highest BCUT2D eigenvalue weighted by atomic mass is 19.3. The van der Waals surface area contributed by atoms with Gasteiger partial charge in [0.2, 0.25) is 0 Å². The van der Waals surface area contributed by atoms with E-state index in [0.717, 1.165) is 5.56 Å². The average Bonchev–Trinajstić information content (AvgIpc) is 2.75. The molecule has 122 valence electrons. The summed E-state index contributed by atoms with van der Waals surface area (Å²) in [6.45, 7) is 4.90. The Bertz CT molecular complexity index is 552. The minimum Gasteiger partial charge on any atom is -0.354 e. The predicted octanol–water partition coefficient (Wildman–Crippen LogP) is 3.17. The Balaban J connectivity index is 1.74. The molecule has 22 heavy (non-hydrogen) atoms. The summed E-state index contributed by atoms with van der Waals surface area (Å²) < 4.78 is 42.4. The number of nitrogens with one attached hydrogen (secondary N) is 1. The summed E-state index contributed by atoms with van der Waals surface area (Å²) in [5.74, 6) is -2.54. The first-order valence-corrected chi connectivity index (χ1v) is 7.84. The molecule has 0 bridgehead atoms. The van der Waals surface area contributed by atoms with Crippen LogP contribution in [-0.2, 0) is 0 Å². The Morgan fingerprint density at radius 3 is 2.41 bits per heavy atom. The van der Waals surface area contributed by atoms with Crippen molar-refractivity contribution in [2.24, 2.45) is 5.41 Å². The summed E-state index contributed by atoms with van der Waals surface area (Å²) in [6.07, 6.45) is 2.40. The first-order valence-electron chi connectivity index (χ1n) is 7.84. The second kappa shape index (κ2) is 5.41. The molecular weight excluding hydrogens is 291 g/mol. The molecule has 2 aliphatic rings. The number of rotatable bonds is 2. The molecule has 3 nitrogen and oxygen atoms in total. The smallest absolute Gasteiger partial charge is 0.267 e. The summed E-state index contributed by atoms with van der Waals surface area (Å²) in [6, 6.07) is 1.50. The van der Waals surface area contributed by atoms with E-state index in [1.165, 1.54) is 6.07 Å². The van der Waals surface area contributed by atoms with Crippen LogP contribution in [0, 0.1) is 11.2 Å². The van der Waals surface area contributed by atoms with Gasteiger partial charge in [0.05, 0.1) is 12.0 Å². The van der Waals surface area contributed by atoms with Crippen LogP contribution in [0.4, 0.5) is 19.0 Å². The standard InChI is InChI=1S/C16H22F3N3/c1-11(2)12-7-13(17)14(21-8-12)22-5-3-15(4-6-22)9-20-10-16(15,18)19/h7-8,11,20H,3-6,9-10H2,1-2H3. The monoisotopic (exact) mass is 313 g/mol. The zero-order valence-electron chi connectivity index (χ0n) is 13.0. The fourth-order valence-corrected chi connectivity index (χ4v) is 3.46. The highest BCUT2D eigenvalue weighted by Crippen LogP contribution is 2.48. The second-order valence-electron chi connectivity index (χ2n) is 6.80. The number of aromatic nitrogens is 1. The third-order valence-corrected chi connectivity index (χ3v) is 5.12. The van der Waals surface area contributed by atoms with E-state index in [9.17, 15) is 13.2 Å². The van der Waals surface area contributed by atoms with Crippen molar-refractivity contribution in [2.45, 2.75) is 38.5 Å². The molecule has 0 aliphatic carbocycles. The number of hydrogen-bond acceptors (Lipinski definition) is 3. The molecular formula is C16H22F3N3. The number of pyridine rings is 1. The van der Waals surface area contributed by atoms with Gasteiger partial charge in [0.25, 0.3) is 5.92 Å². The lowest BCUT2D eigenvalue weighted by molar-refractivity contribution is -0.0940. The molecule has 1 spiro atoms. The Morgan fingerprint density at radius 1 is 1.23 bits per heavy atom. The maximum absolute atomic E-state index is 14.3. The van der Waals surface area contributed by atoms with Gasteiger partial charge in [-0.25, -0.2) is 18.2 Å². The highest BCUT2D eigenvalue weighted by molar-refractivity contribution is 5.42. The largest absolute Gasteiger partial charge is 0.354 e. The number of piperidine rings is 1. The molecule has 0 atom stereocenters. The van der Waals surface area contributed by atoms with Gasteiger partial charge in [-0.15, -0.1) is 0 Å². The van der Waals surface area contributed by atoms with Crippen LogP contribution in [-0.4, -0.2) is 37.1 Å². The lowest BCUT2D eigenvalue weighted by atomic mass is 9.75. The van der Waals surface area contributed by atoms with Gasteiger partial charge in [0.1, 0.15) is 0 Å². The van der Waals surface area contributed by atoms with Crippen molar-refractivity contribution in [1.29, 1.82) is 0 Å². The number of hydrogen-bond donors (Lipinski definition) is 1. The fourth-order valence-electron chi connectivity index (χ4n) is 3.46. The Hall–Kier alpha value is -1.30. The van der Waals surface area contributed by atoms with Crippen molar-refractivity contribution < 1.29 is 13.2 Å². The Morgan fingerprint density at radius 2 is 1.91 bits per heavy atom. The molecule has 0 saturated carbocycles. The molecule has 2 aliphatic heterocycles. The molecule has 1 aromatic rings. The summed E-state index contributed by atoms with van der Waals surface area (Å²) in [5, 5.41) is 2.80. The van der Waals surface area contributed by atoms with Gasteiger partial charge < -0.3 is 10.2 Å². The molecule has 1 aromatic heterocycles. The topological polar surface area (TPSA) is 28.2 Å². The van der Waals surface area contributed by atoms with Gasteiger partial charge >= 0.3 is 0 Å². The van der Waals surface area contributed by atoms with E-state index in [4.69, 9.17) is 0 Å². The normalized spacial score (nSPS) is 23.5. The fraction of sp³-hybridized carbons (Fsp3) is 0.688. The Labute approximate surface area is 128 Å². The van der Waals surface area contributed by atoms with Gasteiger partial charge in [-0.05, 0) is 30.4 Å². The van der Waals surface area contributed by atoms with Gasteiger partial charge in [0.15, 0.2) is 11.6 Å². The second-order valence-corrected chi connectivity index (χ2v) is 6.80. The molecule has 0 amide bonds. The van der Waals surface area contributed by atoms with Crippen LogP contribution >= 0.6 is 0 Å². The van der Waals surface area contributed by atoms with Gasteiger partial charge in [-0.3, -0.25) is 0 Å². The quantitative estimate of drug-likeness (QED) is 0.909. The average molecular weight is 313 g/mol. The molecule has 6 heteroatoms. The predicted molar refractivity (Wildman–Crippen MR) is 80.0 cm³/mol. The van der Waals surface area contributed by atoms with Crippen LogP contribution in [0.2, 0.25) is 0 Å². The molecule has 2 saturated heterocycles. The van der Waals surface area contributed by atoms with E-state index in [0.29, 0.717) is 32.5 Å². The number of nitrogens with zero attached hydrogens (tertiary/aromatic N) is 2. The molecule has 3 rings (SSSR count). The zero-order valence-corrected chi connectivity index (χ0v) is 13.0. The summed E-state index contributed by atoms with van der Waals surface area (Å²) in [7, 11) is 0. The molecule has 2 fully saturated rings. The van der Waals surface area contributed by atoms with Crippen molar-refractivity contribution in [1.82, 2.24) is 10.3 Å². The minimum atomic E-state index is -2.67. The number of anilines is 1. The number of alkyl halides is 2. The third-order valence-electron chi connectivity index (χ3n) is 5.12. The zero-order chi connectivity index (χ0) is 16.0. The SMILES string of the molecule is CC(C)c1cnc(N2CCC3(CC2)CNCC3(F)F)c(F)c1. The van der Waals surface area contributed by atoms with Crippen molar-refractivity contribution in [2.75, 3.05) is 31.1 Å². The molecule has 0 aromatic carbocycles. The van der Waals surface area contributed by atoms with Crippen LogP contribution in [0.3, 0.4) is 0 Å². The minimum absolute atomic E-state index is 0.212. The highest BCUT2D eigenvalue weighted by Gasteiger charge is 2.57. The van der Waals surface area contributed by atoms with Gasteiger partial charge in [-0.1, -0.05) is 13.8 Å². The Kier molecular flexibility index (Phi) is 3.83. The lowest BCUT2D eigenvalue weighted by Gasteiger charge is -2.42. The van der Waals surface area contributed by atoms with Crippen LogP contribution in [0.15, 0.2) is 12.3 Å². The molecule has 1 N–H and O–H groups in total. The summed E-state index contributed by atoms with van der Waals surface area (Å²) >= 11 is 0. The van der Waals surface area contributed by atoms with Crippen LogP contribution in [0.1, 0.15) is 38.2 Å². The molecule has 0 radical (unpaired) electrons. The lowest BCUT2D eigenvalue weighted by Crippen LogP contribution is -2.49. The maximum atomic E-state index is 14.3. The van der Waals surface area contributed by atoms with Crippen LogP contribution in [0.5, 0.6) is 0 Å². The van der Waals surface area contributed by atoms with E-state index < -0.39 is 11.3 Å². The van der Waals surface area contributed by atoms with E-state index in [2.05, 4.69) is 10.3 Å². The third kappa shape index (κ3) is 2.47.